The maximum Gasteiger partial charge on any atom is 0.324 e. The van der Waals surface area contributed by atoms with Gasteiger partial charge in [-0.05, 0) is 40.8 Å². The lowest BCUT2D eigenvalue weighted by Crippen LogP contribution is -2.58. The molecule has 0 fully saturated rings. The molecule has 0 aromatic rings. The molecule has 0 amide bonds. The Morgan fingerprint density at radius 1 is 1.53 bits per heavy atom. The van der Waals surface area contributed by atoms with E-state index in [2.05, 4.69) is 12.2 Å². The predicted octanol–water partition coefficient (Wildman–Crippen LogP) is 1.17. The summed E-state index contributed by atoms with van der Waals surface area (Å²) in [5.74, 6) is -0.792. The highest BCUT2D eigenvalue weighted by molar-refractivity contribution is 5.78. The Morgan fingerprint density at radius 3 is 2.40 bits per heavy atom. The number of carboxylic acid groups (broad SMARTS) is 1. The molecule has 0 rings (SSSR count). The molecule has 15 heavy (non-hydrogen) atoms. The van der Waals surface area contributed by atoms with E-state index in [9.17, 15) is 9.90 Å². The summed E-state index contributed by atoms with van der Waals surface area (Å²) in [6.07, 6.45) is 1.04. The molecule has 0 bridgehead atoms. The SMILES string of the molecule is CCCN(C)CC(C)(NC(C)C)C(=O)O. The Hall–Kier alpha value is -0.610. The van der Waals surface area contributed by atoms with Crippen molar-refractivity contribution in [2.24, 2.45) is 0 Å². The maximum absolute atomic E-state index is 11.2. The summed E-state index contributed by atoms with van der Waals surface area (Å²) in [5.41, 5.74) is -0.863. The van der Waals surface area contributed by atoms with E-state index >= 15 is 0 Å². The van der Waals surface area contributed by atoms with Gasteiger partial charge in [-0.2, -0.15) is 0 Å². The van der Waals surface area contributed by atoms with Crippen LogP contribution in [0.1, 0.15) is 34.1 Å². The Labute approximate surface area is 92.7 Å². The van der Waals surface area contributed by atoms with E-state index in [0.29, 0.717) is 6.54 Å². The van der Waals surface area contributed by atoms with Crippen molar-refractivity contribution >= 4 is 5.97 Å². The van der Waals surface area contributed by atoms with Crippen molar-refractivity contribution in [3.8, 4) is 0 Å². The summed E-state index contributed by atoms with van der Waals surface area (Å²) >= 11 is 0. The van der Waals surface area contributed by atoms with E-state index < -0.39 is 11.5 Å². The van der Waals surface area contributed by atoms with Crippen molar-refractivity contribution in [2.45, 2.75) is 45.7 Å². The largest absolute Gasteiger partial charge is 0.480 e. The average Bonchev–Trinajstić information content (AvgIpc) is 2.01. The minimum Gasteiger partial charge on any atom is -0.480 e. The molecule has 0 aliphatic heterocycles. The summed E-state index contributed by atoms with van der Waals surface area (Å²) in [5, 5.41) is 12.3. The first-order valence-electron chi connectivity index (χ1n) is 5.51. The van der Waals surface area contributed by atoms with Crippen LogP contribution in [0.5, 0.6) is 0 Å². The van der Waals surface area contributed by atoms with Gasteiger partial charge in [-0.25, -0.2) is 0 Å². The van der Waals surface area contributed by atoms with Crippen LogP contribution in [-0.2, 0) is 4.79 Å². The number of rotatable bonds is 7. The fourth-order valence-electron chi connectivity index (χ4n) is 1.81. The lowest BCUT2D eigenvalue weighted by molar-refractivity contribution is -0.145. The quantitative estimate of drug-likeness (QED) is 0.671. The molecule has 0 aromatic carbocycles. The van der Waals surface area contributed by atoms with Gasteiger partial charge >= 0.3 is 5.97 Å². The van der Waals surface area contributed by atoms with E-state index in [1.54, 1.807) is 6.92 Å². The zero-order valence-corrected chi connectivity index (χ0v) is 10.5. The second-order valence-electron chi connectivity index (χ2n) is 4.67. The molecule has 1 atom stereocenters. The first kappa shape index (κ1) is 14.4. The van der Waals surface area contributed by atoms with Gasteiger partial charge in [0.2, 0.25) is 0 Å². The number of likely N-dealkylation sites (N-methyl/N-ethyl adjacent to an activating group) is 1. The molecule has 0 radical (unpaired) electrons. The maximum atomic E-state index is 11.2. The van der Waals surface area contributed by atoms with Crippen LogP contribution in [0.25, 0.3) is 0 Å². The molecular weight excluding hydrogens is 192 g/mol. The molecular formula is C11H24N2O2. The zero-order valence-electron chi connectivity index (χ0n) is 10.5. The van der Waals surface area contributed by atoms with Gasteiger partial charge in [-0.15, -0.1) is 0 Å². The van der Waals surface area contributed by atoms with Gasteiger partial charge < -0.3 is 10.0 Å². The monoisotopic (exact) mass is 216 g/mol. The minimum atomic E-state index is -0.863. The van der Waals surface area contributed by atoms with Gasteiger partial charge in [0.1, 0.15) is 5.54 Å². The zero-order chi connectivity index (χ0) is 12.1. The van der Waals surface area contributed by atoms with Crippen LogP contribution in [0.3, 0.4) is 0 Å². The number of nitrogens with one attached hydrogen (secondary N) is 1. The molecule has 90 valence electrons. The van der Waals surface area contributed by atoms with Crippen molar-refractivity contribution in [3.05, 3.63) is 0 Å². The molecule has 4 nitrogen and oxygen atoms in total. The summed E-state index contributed by atoms with van der Waals surface area (Å²) in [6, 6.07) is 0.168. The van der Waals surface area contributed by atoms with Crippen molar-refractivity contribution < 1.29 is 9.90 Å². The summed E-state index contributed by atoms with van der Waals surface area (Å²) < 4.78 is 0. The number of nitrogens with zero attached hydrogens (tertiary/aromatic N) is 1. The Morgan fingerprint density at radius 2 is 2.07 bits per heavy atom. The van der Waals surface area contributed by atoms with Crippen LogP contribution >= 0.6 is 0 Å². The Balaban J connectivity index is 4.44. The summed E-state index contributed by atoms with van der Waals surface area (Å²) in [6.45, 7) is 9.19. The van der Waals surface area contributed by atoms with Crippen LogP contribution in [0.2, 0.25) is 0 Å². The summed E-state index contributed by atoms with van der Waals surface area (Å²) in [7, 11) is 1.95. The smallest absolute Gasteiger partial charge is 0.324 e. The highest BCUT2D eigenvalue weighted by Gasteiger charge is 2.34. The molecule has 2 N–H and O–H groups in total. The fraction of sp³-hybridized carbons (Fsp3) is 0.909. The van der Waals surface area contributed by atoms with Crippen molar-refractivity contribution in [2.75, 3.05) is 20.1 Å². The number of carboxylic acids is 1. The standard InChI is InChI=1S/C11H24N2O2/c1-6-7-13(5)8-11(4,10(14)15)12-9(2)3/h9,12H,6-8H2,1-5H3,(H,14,15). The molecule has 0 saturated carbocycles. The molecule has 0 aliphatic carbocycles. The second-order valence-corrected chi connectivity index (χ2v) is 4.67. The van der Waals surface area contributed by atoms with Gasteiger partial charge in [0.25, 0.3) is 0 Å². The molecule has 1 unspecified atom stereocenters. The molecule has 0 saturated heterocycles. The minimum absolute atomic E-state index is 0.168. The third-order valence-corrected chi connectivity index (χ3v) is 2.27. The molecule has 0 heterocycles. The van der Waals surface area contributed by atoms with E-state index in [-0.39, 0.29) is 6.04 Å². The first-order chi connectivity index (χ1) is 6.81. The fourth-order valence-corrected chi connectivity index (χ4v) is 1.81. The van der Waals surface area contributed by atoms with Gasteiger partial charge in [-0.3, -0.25) is 10.1 Å². The Bertz CT molecular complexity index is 207. The van der Waals surface area contributed by atoms with Crippen LogP contribution < -0.4 is 5.32 Å². The third kappa shape index (κ3) is 5.14. The van der Waals surface area contributed by atoms with Gasteiger partial charge in [0, 0.05) is 12.6 Å². The second kappa shape index (κ2) is 6.08. The lowest BCUT2D eigenvalue weighted by atomic mass is 10.0. The highest BCUT2D eigenvalue weighted by atomic mass is 16.4. The van der Waals surface area contributed by atoms with Crippen molar-refractivity contribution in [3.63, 3.8) is 0 Å². The molecule has 0 spiro atoms. The number of hydrogen-bond acceptors (Lipinski definition) is 3. The Kier molecular flexibility index (Phi) is 5.83. The normalized spacial score (nSPS) is 15.7. The van der Waals surface area contributed by atoms with E-state index in [1.165, 1.54) is 0 Å². The van der Waals surface area contributed by atoms with E-state index in [4.69, 9.17) is 0 Å². The summed E-state index contributed by atoms with van der Waals surface area (Å²) in [4.78, 5) is 13.3. The van der Waals surface area contributed by atoms with E-state index in [0.717, 1.165) is 13.0 Å². The van der Waals surface area contributed by atoms with Crippen LogP contribution in [0, 0.1) is 0 Å². The van der Waals surface area contributed by atoms with Gasteiger partial charge in [0.05, 0.1) is 0 Å². The highest BCUT2D eigenvalue weighted by Crippen LogP contribution is 2.08. The molecule has 0 aliphatic rings. The van der Waals surface area contributed by atoms with Crippen molar-refractivity contribution in [1.29, 1.82) is 0 Å². The van der Waals surface area contributed by atoms with Crippen molar-refractivity contribution in [1.82, 2.24) is 10.2 Å². The topological polar surface area (TPSA) is 52.6 Å². The number of carbonyl (C=O) groups is 1. The van der Waals surface area contributed by atoms with E-state index in [1.807, 2.05) is 25.8 Å². The van der Waals surface area contributed by atoms with Gasteiger partial charge in [-0.1, -0.05) is 6.92 Å². The van der Waals surface area contributed by atoms with Crippen LogP contribution in [-0.4, -0.2) is 47.7 Å². The third-order valence-electron chi connectivity index (χ3n) is 2.27. The average molecular weight is 216 g/mol. The molecule has 4 heteroatoms. The lowest BCUT2D eigenvalue weighted by Gasteiger charge is -2.32. The van der Waals surface area contributed by atoms with Crippen LogP contribution in [0.4, 0.5) is 0 Å². The predicted molar refractivity (Wildman–Crippen MR) is 62.1 cm³/mol. The number of hydrogen-bond donors (Lipinski definition) is 2. The first-order valence-corrected chi connectivity index (χ1v) is 5.51. The molecule has 0 aromatic heterocycles. The van der Waals surface area contributed by atoms with Crippen LogP contribution in [0.15, 0.2) is 0 Å². The number of aliphatic carboxylic acids is 1. The van der Waals surface area contributed by atoms with Gasteiger partial charge in [0.15, 0.2) is 0 Å².